The minimum Gasteiger partial charge on any atom is -0.378 e. The van der Waals surface area contributed by atoms with Crippen LogP contribution in [-0.2, 0) is 4.74 Å². The van der Waals surface area contributed by atoms with Crippen molar-refractivity contribution in [2.45, 2.75) is 13.0 Å². The van der Waals surface area contributed by atoms with E-state index in [0.29, 0.717) is 31.9 Å². The second-order valence-corrected chi connectivity index (χ2v) is 7.34. The molecule has 5 nitrogen and oxygen atoms in total. The lowest BCUT2D eigenvalue weighted by molar-refractivity contribution is 0.0304. The van der Waals surface area contributed by atoms with Crippen LogP contribution < -0.4 is 5.32 Å². The van der Waals surface area contributed by atoms with Crippen LogP contribution in [0.2, 0.25) is 0 Å². The molecule has 1 N–H and O–H groups in total. The van der Waals surface area contributed by atoms with E-state index in [2.05, 4.69) is 23.7 Å². The van der Waals surface area contributed by atoms with E-state index in [1.54, 1.807) is 11.3 Å². The number of aromatic nitrogens is 1. The Morgan fingerprint density at radius 3 is 2.81 bits per heavy atom. The quantitative estimate of drug-likeness (QED) is 0.759. The Labute approximate surface area is 156 Å². The fourth-order valence-corrected chi connectivity index (χ4v) is 3.93. The maximum Gasteiger partial charge on any atom is 0.254 e. The number of nitrogens with one attached hydrogen (secondary N) is 1. The van der Waals surface area contributed by atoms with Crippen LogP contribution >= 0.6 is 11.3 Å². The summed E-state index contributed by atoms with van der Waals surface area (Å²) in [7, 11) is 0. The largest absolute Gasteiger partial charge is 0.378 e. The average Bonchev–Trinajstić information content (AvgIpc) is 3.22. The first kappa shape index (κ1) is 17.0. The van der Waals surface area contributed by atoms with Crippen molar-refractivity contribution in [1.29, 1.82) is 0 Å². The van der Waals surface area contributed by atoms with E-state index < -0.39 is 0 Å². The van der Waals surface area contributed by atoms with Crippen LogP contribution in [0.15, 0.2) is 47.8 Å². The number of hydrogen-bond acceptors (Lipinski definition) is 5. The molecule has 134 valence electrons. The van der Waals surface area contributed by atoms with Gasteiger partial charge in [0.05, 0.1) is 30.3 Å². The number of thiophene rings is 1. The van der Waals surface area contributed by atoms with E-state index in [9.17, 15) is 4.79 Å². The number of fused-ring (bicyclic) bond motifs is 1. The number of carbonyl (C=O) groups excluding carboxylic acids is 1. The van der Waals surface area contributed by atoms with E-state index in [0.717, 1.165) is 16.7 Å². The number of amides is 1. The van der Waals surface area contributed by atoms with Gasteiger partial charge < -0.3 is 15.0 Å². The minimum absolute atomic E-state index is 0.0405. The lowest BCUT2D eigenvalue weighted by atomic mass is 10.1. The average molecular weight is 367 g/mol. The molecular weight excluding hydrogens is 346 g/mol. The molecule has 1 atom stereocenters. The van der Waals surface area contributed by atoms with Crippen LogP contribution in [0.1, 0.15) is 28.2 Å². The maximum absolute atomic E-state index is 13.1. The smallest absolute Gasteiger partial charge is 0.254 e. The van der Waals surface area contributed by atoms with Crippen LogP contribution in [0.5, 0.6) is 0 Å². The molecule has 1 aromatic carbocycles. The van der Waals surface area contributed by atoms with E-state index in [1.165, 1.54) is 4.88 Å². The fraction of sp³-hybridized carbons (Fsp3) is 0.300. The molecule has 6 heteroatoms. The molecule has 26 heavy (non-hydrogen) atoms. The molecule has 3 heterocycles. The van der Waals surface area contributed by atoms with E-state index >= 15 is 0 Å². The first-order chi connectivity index (χ1) is 12.7. The number of morpholine rings is 1. The van der Waals surface area contributed by atoms with Gasteiger partial charge >= 0.3 is 0 Å². The van der Waals surface area contributed by atoms with Gasteiger partial charge in [0.15, 0.2) is 0 Å². The van der Waals surface area contributed by atoms with E-state index in [1.807, 2.05) is 41.3 Å². The third-order valence-corrected chi connectivity index (χ3v) is 5.63. The Morgan fingerprint density at radius 1 is 1.23 bits per heavy atom. The molecule has 1 saturated heterocycles. The van der Waals surface area contributed by atoms with Gasteiger partial charge in [-0.15, -0.1) is 11.3 Å². The molecule has 0 unspecified atom stereocenters. The predicted octanol–water partition coefficient (Wildman–Crippen LogP) is 3.94. The Balaban J connectivity index is 1.70. The van der Waals surface area contributed by atoms with Gasteiger partial charge in [-0.3, -0.25) is 4.79 Å². The molecule has 0 bridgehead atoms. The van der Waals surface area contributed by atoms with Gasteiger partial charge in [0, 0.05) is 23.4 Å². The van der Waals surface area contributed by atoms with Crippen LogP contribution in [0.4, 0.5) is 5.82 Å². The number of nitrogens with zero attached hydrogens (tertiary/aromatic N) is 2. The summed E-state index contributed by atoms with van der Waals surface area (Å²) >= 11 is 1.71. The zero-order valence-electron chi connectivity index (χ0n) is 14.6. The van der Waals surface area contributed by atoms with Crippen LogP contribution in [0.25, 0.3) is 10.9 Å². The number of rotatable bonds is 4. The first-order valence-corrected chi connectivity index (χ1v) is 9.67. The molecular formula is C20H21N3O2S. The van der Waals surface area contributed by atoms with Crippen LogP contribution in [0.3, 0.4) is 0 Å². The van der Waals surface area contributed by atoms with Gasteiger partial charge in [-0.05, 0) is 30.5 Å². The first-order valence-electron chi connectivity index (χ1n) is 8.79. The third kappa shape index (κ3) is 3.43. The third-order valence-electron chi connectivity index (χ3n) is 4.58. The summed E-state index contributed by atoms with van der Waals surface area (Å²) in [6.07, 6.45) is 0. The minimum atomic E-state index is 0.0405. The molecule has 0 aliphatic carbocycles. The summed E-state index contributed by atoms with van der Waals surface area (Å²) in [6.45, 7) is 4.55. The van der Waals surface area contributed by atoms with Gasteiger partial charge in [-0.1, -0.05) is 24.3 Å². The summed E-state index contributed by atoms with van der Waals surface area (Å²) in [4.78, 5) is 20.9. The Kier molecular flexibility index (Phi) is 4.86. The summed E-state index contributed by atoms with van der Waals surface area (Å²) in [5.41, 5.74) is 1.52. The lowest BCUT2D eigenvalue weighted by Crippen LogP contribution is -2.40. The summed E-state index contributed by atoms with van der Waals surface area (Å²) in [5, 5.41) is 6.39. The van der Waals surface area contributed by atoms with Gasteiger partial charge in [0.1, 0.15) is 5.82 Å². The Morgan fingerprint density at radius 2 is 2.04 bits per heavy atom. The molecule has 3 aromatic rings. The zero-order chi connectivity index (χ0) is 17.9. The topological polar surface area (TPSA) is 54.5 Å². The number of pyridine rings is 1. The number of hydrogen-bond donors (Lipinski definition) is 1. The fourth-order valence-electron chi connectivity index (χ4n) is 3.19. The Hall–Kier alpha value is -2.44. The number of anilines is 1. The molecule has 4 rings (SSSR count). The normalized spacial score (nSPS) is 15.8. The molecule has 0 spiro atoms. The van der Waals surface area contributed by atoms with Crippen molar-refractivity contribution < 1.29 is 9.53 Å². The van der Waals surface area contributed by atoms with E-state index in [-0.39, 0.29) is 11.9 Å². The van der Waals surface area contributed by atoms with E-state index in [4.69, 9.17) is 9.72 Å². The second kappa shape index (κ2) is 7.43. The standard InChI is InChI=1S/C20H21N3O2S/c1-14(18-7-4-12-26-18)21-19-13-16(15-5-2-3-6-17(15)22-19)20(24)23-8-10-25-11-9-23/h2-7,12-14H,8-11H2,1H3,(H,21,22)/t14-/m1/s1. The molecule has 2 aromatic heterocycles. The molecule has 0 saturated carbocycles. The van der Waals surface area contributed by atoms with Crippen molar-refractivity contribution in [3.8, 4) is 0 Å². The monoisotopic (exact) mass is 367 g/mol. The van der Waals surface area contributed by atoms with Crippen molar-refractivity contribution in [3.63, 3.8) is 0 Å². The summed E-state index contributed by atoms with van der Waals surface area (Å²) < 4.78 is 5.37. The zero-order valence-corrected chi connectivity index (χ0v) is 15.5. The number of benzene rings is 1. The highest BCUT2D eigenvalue weighted by Crippen LogP contribution is 2.26. The van der Waals surface area contributed by atoms with Gasteiger partial charge in [0.25, 0.3) is 5.91 Å². The molecule has 1 aliphatic heterocycles. The van der Waals surface area contributed by atoms with Crippen molar-refractivity contribution >= 4 is 34.0 Å². The van der Waals surface area contributed by atoms with Crippen molar-refractivity contribution in [2.24, 2.45) is 0 Å². The molecule has 1 amide bonds. The van der Waals surface area contributed by atoms with Crippen LogP contribution in [0, 0.1) is 0 Å². The highest BCUT2D eigenvalue weighted by molar-refractivity contribution is 7.10. The van der Waals surface area contributed by atoms with Crippen LogP contribution in [-0.4, -0.2) is 42.1 Å². The molecule has 1 fully saturated rings. The predicted molar refractivity (Wildman–Crippen MR) is 105 cm³/mol. The molecule has 0 radical (unpaired) electrons. The number of para-hydroxylation sites is 1. The van der Waals surface area contributed by atoms with Crippen molar-refractivity contribution in [3.05, 3.63) is 58.3 Å². The molecule has 1 aliphatic rings. The number of carbonyl (C=O) groups is 1. The van der Waals surface area contributed by atoms with Crippen molar-refractivity contribution in [2.75, 3.05) is 31.6 Å². The van der Waals surface area contributed by atoms with Crippen molar-refractivity contribution in [1.82, 2.24) is 9.88 Å². The number of ether oxygens (including phenoxy) is 1. The summed E-state index contributed by atoms with van der Waals surface area (Å²) in [6, 6.07) is 14.0. The highest BCUT2D eigenvalue weighted by Gasteiger charge is 2.22. The van der Waals surface area contributed by atoms with Gasteiger partial charge in [-0.25, -0.2) is 4.98 Å². The summed E-state index contributed by atoms with van der Waals surface area (Å²) in [5.74, 6) is 0.764. The van der Waals surface area contributed by atoms with Gasteiger partial charge in [-0.2, -0.15) is 0 Å². The SMILES string of the molecule is C[C@@H](Nc1cc(C(=O)N2CCOCC2)c2ccccc2n1)c1cccs1. The van der Waals surface area contributed by atoms with Gasteiger partial charge in [0.2, 0.25) is 0 Å². The Bertz CT molecular complexity index is 905. The maximum atomic E-state index is 13.1. The second-order valence-electron chi connectivity index (χ2n) is 6.36. The highest BCUT2D eigenvalue weighted by atomic mass is 32.1. The lowest BCUT2D eigenvalue weighted by Gasteiger charge is -2.27.